The number of hydrogen-bond donors (Lipinski definition) is 1. The van der Waals surface area contributed by atoms with Crippen LogP contribution in [0.3, 0.4) is 0 Å². The van der Waals surface area contributed by atoms with Crippen molar-refractivity contribution in [3.63, 3.8) is 0 Å². The zero-order chi connectivity index (χ0) is 14.0. The second-order valence-corrected chi connectivity index (χ2v) is 5.34. The predicted molar refractivity (Wildman–Crippen MR) is 78.3 cm³/mol. The summed E-state index contributed by atoms with van der Waals surface area (Å²) in [6.45, 7) is 0.873. The van der Waals surface area contributed by atoms with Gasteiger partial charge in [0, 0.05) is 26.3 Å². The third kappa shape index (κ3) is 2.53. The highest BCUT2D eigenvalue weighted by Gasteiger charge is 2.30. The lowest BCUT2D eigenvalue weighted by atomic mass is 9.48. The third-order valence-electron chi connectivity index (χ3n) is 3.63. The summed E-state index contributed by atoms with van der Waals surface area (Å²) in [6, 6.07) is 1.89. The van der Waals surface area contributed by atoms with Crippen LogP contribution in [-0.2, 0) is 14.7 Å². The van der Waals surface area contributed by atoms with E-state index in [0.29, 0.717) is 11.3 Å². The fourth-order valence-electron chi connectivity index (χ4n) is 2.42. The molecule has 0 radical (unpaired) electrons. The van der Waals surface area contributed by atoms with E-state index >= 15 is 0 Å². The van der Waals surface area contributed by atoms with Crippen molar-refractivity contribution >= 4 is 27.8 Å². The van der Waals surface area contributed by atoms with Gasteiger partial charge in [0.05, 0.1) is 0 Å². The highest BCUT2D eigenvalue weighted by molar-refractivity contribution is 6.40. The molecular formula is C12H18B2N2O3. The van der Waals surface area contributed by atoms with Crippen LogP contribution in [0.2, 0.25) is 0 Å². The quantitative estimate of drug-likeness (QED) is 0.446. The minimum atomic E-state index is -0.627. The smallest absolute Gasteiger partial charge is 0.201 e. The molecule has 0 aromatic carbocycles. The Morgan fingerprint density at radius 3 is 2.74 bits per heavy atom. The monoisotopic (exact) mass is 260 g/mol. The largest absolute Gasteiger partial charge is 0.370 e. The number of carbonyl (C=O) groups is 1. The Balaban J connectivity index is 2.56. The van der Waals surface area contributed by atoms with Gasteiger partial charge in [-0.2, -0.15) is 0 Å². The molecule has 2 heterocycles. The number of fused-ring (bicyclic) bond motifs is 1. The molecule has 0 amide bonds. The molecule has 0 saturated heterocycles. The first-order valence-electron chi connectivity index (χ1n) is 6.33. The summed E-state index contributed by atoms with van der Waals surface area (Å²) in [5.74, 6) is 0.816. The first-order valence-corrected chi connectivity index (χ1v) is 6.33. The van der Waals surface area contributed by atoms with Crippen LogP contribution >= 0.6 is 0 Å². The molecule has 1 aliphatic rings. The minimum Gasteiger partial charge on any atom is -0.370 e. The molecule has 7 heteroatoms. The van der Waals surface area contributed by atoms with E-state index in [-0.39, 0.29) is 5.21 Å². The van der Waals surface area contributed by atoms with Crippen LogP contribution < -0.4 is 5.32 Å². The SMILES string of the molecule is BC1(B)CCNc2nc(C(OC)OC)c(C=O)cc21. The normalized spacial score (nSPS) is 16.8. The average Bonchev–Trinajstić information content (AvgIpc) is 2.39. The van der Waals surface area contributed by atoms with E-state index in [0.717, 1.165) is 30.6 Å². The third-order valence-corrected chi connectivity index (χ3v) is 3.63. The number of ether oxygens (including phenoxy) is 2. The van der Waals surface area contributed by atoms with Crippen molar-refractivity contribution in [2.75, 3.05) is 26.1 Å². The predicted octanol–water partition coefficient (Wildman–Crippen LogP) is -0.580. The van der Waals surface area contributed by atoms with Crippen LogP contribution in [0.15, 0.2) is 6.07 Å². The van der Waals surface area contributed by atoms with E-state index in [1.165, 1.54) is 14.2 Å². The van der Waals surface area contributed by atoms with Crippen molar-refractivity contribution in [2.24, 2.45) is 0 Å². The van der Waals surface area contributed by atoms with Crippen LogP contribution in [0, 0.1) is 0 Å². The number of pyridine rings is 1. The Labute approximate surface area is 114 Å². The van der Waals surface area contributed by atoms with Gasteiger partial charge in [0.2, 0.25) is 6.29 Å². The van der Waals surface area contributed by atoms with E-state index < -0.39 is 6.29 Å². The van der Waals surface area contributed by atoms with Crippen LogP contribution in [-0.4, -0.2) is 47.7 Å². The summed E-state index contributed by atoms with van der Waals surface area (Å²) >= 11 is 0. The molecule has 1 aliphatic heterocycles. The standard InChI is InChI=1S/C12H18B2N2O3/c1-18-11(19-2)9-7(6-17)5-8-10(16-9)15-4-3-12(8,13)14/h5-6,11H,3-4,13-14H2,1-2H3,(H,15,16). The van der Waals surface area contributed by atoms with Crippen molar-refractivity contribution in [3.05, 3.63) is 22.9 Å². The lowest BCUT2D eigenvalue weighted by molar-refractivity contribution is -0.108. The molecule has 0 unspecified atom stereocenters. The number of nitrogens with one attached hydrogen (secondary N) is 1. The number of methoxy groups -OCH3 is 2. The fourth-order valence-corrected chi connectivity index (χ4v) is 2.42. The lowest BCUT2D eigenvalue weighted by Gasteiger charge is -2.33. The van der Waals surface area contributed by atoms with Crippen molar-refractivity contribution in [2.45, 2.75) is 17.9 Å². The second-order valence-electron chi connectivity index (χ2n) is 5.34. The average molecular weight is 260 g/mol. The van der Waals surface area contributed by atoms with Gasteiger partial charge in [-0.25, -0.2) is 4.98 Å². The van der Waals surface area contributed by atoms with Crippen LogP contribution in [0.5, 0.6) is 0 Å². The number of anilines is 1. The Morgan fingerprint density at radius 1 is 1.47 bits per heavy atom. The molecule has 1 aromatic rings. The molecule has 0 bridgehead atoms. The van der Waals surface area contributed by atoms with Crippen LogP contribution in [0.4, 0.5) is 5.82 Å². The summed E-state index contributed by atoms with van der Waals surface area (Å²) in [5.41, 5.74) is 2.10. The maximum absolute atomic E-state index is 11.3. The Hall–Kier alpha value is -1.33. The highest BCUT2D eigenvalue weighted by atomic mass is 16.7. The van der Waals surface area contributed by atoms with E-state index in [4.69, 9.17) is 9.47 Å². The van der Waals surface area contributed by atoms with Crippen molar-refractivity contribution in [1.82, 2.24) is 4.98 Å². The van der Waals surface area contributed by atoms with E-state index in [1.54, 1.807) is 0 Å². The summed E-state index contributed by atoms with van der Waals surface area (Å²) in [4.78, 5) is 15.8. The number of rotatable bonds is 4. The molecule has 19 heavy (non-hydrogen) atoms. The topological polar surface area (TPSA) is 60.5 Å². The van der Waals surface area contributed by atoms with Gasteiger partial charge in [-0.15, -0.1) is 0 Å². The number of nitrogens with zero attached hydrogens (tertiary/aromatic N) is 1. The molecule has 0 spiro atoms. The van der Waals surface area contributed by atoms with Gasteiger partial charge < -0.3 is 14.8 Å². The Kier molecular flexibility index (Phi) is 3.96. The second kappa shape index (κ2) is 5.35. The van der Waals surface area contributed by atoms with Crippen molar-refractivity contribution in [1.29, 1.82) is 0 Å². The van der Waals surface area contributed by atoms with Gasteiger partial charge in [0.15, 0.2) is 6.29 Å². The summed E-state index contributed by atoms with van der Waals surface area (Å²) in [7, 11) is 7.38. The molecule has 1 aromatic heterocycles. The number of aromatic nitrogens is 1. The molecule has 1 N–H and O–H groups in total. The lowest BCUT2D eigenvalue weighted by Crippen LogP contribution is -2.36. The van der Waals surface area contributed by atoms with Crippen molar-refractivity contribution in [3.8, 4) is 0 Å². The number of hydrogen-bond acceptors (Lipinski definition) is 5. The van der Waals surface area contributed by atoms with Gasteiger partial charge in [-0.1, -0.05) is 5.21 Å². The molecule has 0 atom stereocenters. The van der Waals surface area contributed by atoms with Gasteiger partial charge in [-0.05, 0) is 18.1 Å². The maximum Gasteiger partial charge on any atom is 0.201 e. The van der Waals surface area contributed by atoms with Crippen LogP contribution in [0.1, 0.15) is 34.3 Å². The van der Waals surface area contributed by atoms with Gasteiger partial charge in [-0.3, -0.25) is 4.79 Å². The highest BCUT2D eigenvalue weighted by Crippen LogP contribution is 2.34. The fraction of sp³-hybridized carbons (Fsp3) is 0.500. The Bertz CT molecular complexity index is 490. The Morgan fingerprint density at radius 2 is 2.16 bits per heavy atom. The molecule has 100 valence electrons. The summed E-state index contributed by atoms with van der Waals surface area (Å²) in [5, 5.41) is 3.29. The molecule has 0 saturated carbocycles. The molecular weight excluding hydrogens is 242 g/mol. The van der Waals surface area contributed by atoms with E-state index in [9.17, 15) is 4.79 Å². The van der Waals surface area contributed by atoms with Crippen LogP contribution in [0.25, 0.3) is 0 Å². The first kappa shape index (κ1) is 14.1. The summed E-state index contributed by atoms with van der Waals surface area (Å²) in [6.07, 6.45) is 1.19. The van der Waals surface area contributed by atoms with Gasteiger partial charge >= 0.3 is 0 Å². The zero-order valence-corrected chi connectivity index (χ0v) is 11.8. The molecule has 0 aliphatic carbocycles. The van der Waals surface area contributed by atoms with Crippen molar-refractivity contribution < 1.29 is 14.3 Å². The first-order chi connectivity index (χ1) is 9.03. The molecule has 0 fully saturated rings. The molecule has 5 nitrogen and oxygen atoms in total. The van der Waals surface area contributed by atoms with Gasteiger partial charge in [0.25, 0.3) is 0 Å². The van der Waals surface area contributed by atoms with E-state index in [2.05, 4.69) is 26.0 Å². The molecule has 2 rings (SSSR count). The zero-order valence-electron chi connectivity index (χ0n) is 11.8. The van der Waals surface area contributed by atoms with E-state index in [1.807, 2.05) is 6.07 Å². The maximum atomic E-state index is 11.3. The summed E-state index contributed by atoms with van der Waals surface area (Å²) < 4.78 is 10.4. The number of aldehydes is 1. The minimum absolute atomic E-state index is 0.0134. The van der Waals surface area contributed by atoms with Gasteiger partial charge in [0.1, 0.15) is 27.2 Å². The number of carbonyl (C=O) groups excluding carboxylic acids is 1.